The number of anilines is 3. The van der Waals surface area contributed by atoms with Gasteiger partial charge in [0.15, 0.2) is 0 Å². The number of halogens is 3. The molecule has 11 heteroatoms. The second-order valence-electron chi connectivity index (χ2n) is 6.95. The Morgan fingerprint density at radius 2 is 1.81 bits per heavy atom. The summed E-state index contributed by atoms with van der Waals surface area (Å²) < 4.78 is 70.7. The fourth-order valence-corrected chi connectivity index (χ4v) is 4.15. The molecule has 1 aliphatic heterocycles. The molecule has 1 heterocycles. The van der Waals surface area contributed by atoms with E-state index in [1.807, 2.05) is 4.90 Å². The third-order valence-corrected chi connectivity index (χ3v) is 5.70. The minimum Gasteiger partial charge on any atom is -0.755 e. The number of ether oxygens (including phenoxy) is 1. The summed E-state index contributed by atoms with van der Waals surface area (Å²) in [4.78, 5) is 13.2. The summed E-state index contributed by atoms with van der Waals surface area (Å²) in [5.74, 6) is -1.32. The first-order valence-corrected chi connectivity index (χ1v) is 10.4. The molecule has 168 valence electrons. The Morgan fingerprint density at radius 3 is 2.35 bits per heavy atom. The van der Waals surface area contributed by atoms with E-state index < -0.39 is 29.0 Å². The largest absolute Gasteiger partial charge is 0.755 e. The van der Waals surface area contributed by atoms with E-state index in [1.165, 1.54) is 25.3 Å². The number of carbonyl (C=O) groups is 1. The third-order valence-electron chi connectivity index (χ3n) is 5.01. The van der Waals surface area contributed by atoms with E-state index in [-0.39, 0.29) is 22.7 Å². The fraction of sp³-hybridized carbons (Fsp3) is 0.350. The molecule has 0 saturated carbocycles. The number of piperidine rings is 1. The Kier molecular flexibility index (Phi) is 6.75. The summed E-state index contributed by atoms with van der Waals surface area (Å²) >= 11 is -3.07. The average Bonchev–Trinajstić information content (AvgIpc) is 2.73. The van der Waals surface area contributed by atoms with Gasteiger partial charge in [0.05, 0.1) is 46.6 Å². The van der Waals surface area contributed by atoms with Crippen LogP contribution in [0.2, 0.25) is 0 Å². The minimum absolute atomic E-state index is 0.00351. The molecular weight excluding hydrogens is 437 g/mol. The van der Waals surface area contributed by atoms with Crippen molar-refractivity contribution in [3.05, 3.63) is 47.5 Å². The molecule has 1 atom stereocenters. The number of carboxylic acid groups (broad SMARTS) is 1. The second kappa shape index (κ2) is 9.15. The van der Waals surface area contributed by atoms with Crippen LogP contribution in [0.15, 0.2) is 36.4 Å². The van der Waals surface area contributed by atoms with Crippen molar-refractivity contribution in [2.45, 2.75) is 25.4 Å². The molecule has 0 radical (unpaired) electrons. The number of methoxy groups -OCH3 is 1. The fourth-order valence-electron chi connectivity index (χ4n) is 3.54. The molecule has 1 aliphatic rings. The first kappa shape index (κ1) is 22.9. The van der Waals surface area contributed by atoms with Gasteiger partial charge in [-0.25, -0.2) is 4.79 Å². The third kappa shape index (κ3) is 4.93. The molecule has 2 aromatic rings. The number of alkyl halides is 3. The zero-order valence-electron chi connectivity index (χ0n) is 16.5. The van der Waals surface area contributed by atoms with E-state index in [9.17, 15) is 31.8 Å². The van der Waals surface area contributed by atoms with Crippen LogP contribution < -0.4 is 13.9 Å². The Labute approximate surface area is 179 Å². The van der Waals surface area contributed by atoms with Crippen LogP contribution in [-0.2, 0) is 17.4 Å². The number of benzene rings is 2. The Hall–Kier alpha value is -2.79. The zero-order valence-corrected chi connectivity index (χ0v) is 17.3. The van der Waals surface area contributed by atoms with Crippen LogP contribution in [0.4, 0.5) is 30.2 Å². The number of carboxylic acids is 1. The highest BCUT2D eigenvalue weighted by molar-refractivity contribution is 7.81. The van der Waals surface area contributed by atoms with Gasteiger partial charge < -0.3 is 19.3 Å². The predicted molar refractivity (Wildman–Crippen MR) is 109 cm³/mol. The lowest BCUT2D eigenvalue weighted by atomic mass is 10.1. The number of rotatable bonds is 6. The lowest BCUT2D eigenvalue weighted by Gasteiger charge is -2.35. The lowest BCUT2D eigenvalue weighted by molar-refractivity contribution is -0.137. The number of nitrogens with zero attached hydrogens (tertiary/aromatic N) is 2. The molecular formula is C20H20F3N2O5S-. The van der Waals surface area contributed by atoms with Gasteiger partial charge in [0.25, 0.3) is 0 Å². The van der Waals surface area contributed by atoms with Crippen molar-refractivity contribution in [2.75, 3.05) is 29.4 Å². The van der Waals surface area contributed by atoms with Crippen molar-refractivity contribution >= 4 is 34.3 Å². The molecule has 0 amide bonds. The maximum atomic E-state index is 13.4. The van der Waals surface area contributed by atoms with Gasteiger partial charge in [-0.2, -0.15) is 13.2 Å². The normalized spacial score (nSPS) is 15.5. The first-order chi connectivity index (χ1) is 14.6. The lowest BCUT2D eigenvalue weighted by Crippen LogP contribution is -2.32. The van der Waals surface area contributed by atoms with Crippen LogP contribution in [0, 0.1) is 0 Å². The zero-order chi connectivity index (χ0) is 22.8. The van der Waals surface area contributed by atoms with Crippen molar-refractivity contribution in [3.8, 4) is 5.75 Å². The van der Waals surface area contributed by atoms with Crippen LogP contribution in [0.1, 0.15) is 35.2 Å². The highest BCUT2D eigenvalue weighted by Gasteiger charge is 2.33. The summed E-state index contributed by atoms with van der Waals surface area (Å²) in [5.41, 5.74) is -1.39. The van der Waals surface area contributed by atoms with Gasteiger partial charge in [-0.1, -0.05) is 0 Å². The smallest absolute Gasteiger partial charge is 0.416 e. The molecule has 0 bridgehead atoms. The maximum absolute atomic E-state index is 13.4. The van der Waals surface area contributed by atoms with Crippen molar-refractivity contribution < 1.29 is 36.6 Å². The Balaban J connectivity index is 2.26. The molecule has 0 aliphatic carbocycles. The van der Waals surface area contributed by atoms with Crippen LogP contribution in [0.5, 0.6) is 5.75 Å². The molecule has 0 spiro atoms. The molecule has 1 N–H and O–H groups in total. The number of hydrogen-bond donors (Lipinski definition) is 1. The van der Waals surface area contributed by atoms with Gasteiger partial charge in [-0.15, -0.1) is 0 Å². The van der Waals surface area contributed by atoms with Gasteiger partial charge in [0.1, 0.15) is 5.75 Å². The molecule has 0 aromatic heterocycles. The standard InChI is InChI=1S/C20H21F3N2O5S/c1-30-18-8-5-13(19(26)27)11-17(18)25(31(28)29)16-12-14(20(21,22)23)6-7-15(16)24-9-3-2-4-10-24/h5-8,11-12H,2-4,9-10H2,1H3,(H,26,27)(H,28,29)/p-1. The molecule has 1 saturated heterocycles. The summed E-state index contributed by atoms with van der Waals surface area (Å²) in [6, 6.07) is 6.44. The van der Waals surface area contributed by atoms with Crippen molar-refractivity contribution in [3.63, 3.8) is 0 Å². The van der Waals surface area contributed by atoms with Crippen molar-refractivity contribution in [1.82, 2.24) is 0 Å². The molecule has 1 unspecified atom stereocenters. The van der Waals surface area contributed by atoms with Crippen LogP contribution >= 0.6 is 0 Å². The van der Waals surface area contributed by atoms with Crippen molar-refractivity contribution in [1.29, 1.82) is 0 Å². The predicted octanol–water partition coefficient (Wildman–Crippen LogP) is 4.33. The number of hydrogen-bond acceptors (Lipinski definition) is 5. The Bertz CT molecular complexity index is 993. The topological polar surface area (TPSA) is 93.1 Å². The SMILES string of the molecule is COc1ccc(C(=O)O)cc1N(c1cc(C(F)(F)F)ccc1N1CCCCC1)S(=O)[O-]. The molecule has 2 aromatic carbocycles. The maximum Gasteiger partial charge on any atom is 0.416 e. The van der Waals surface area contributed by atoms with Gasteiger partial charge in [-0.05, 0) is 55.7 Å². The minimum atomic E-state index is -4.70. The average molecular weight is 457 g/mol. The monoisotopic (exact) mass is 457 g/mol. The van der Waals surface area contributed by atoms with Gasteiger partial charge >= 0.3 is 12.1 Å². The van der Waals surface area contributed by atoms with E-state index in [4.69, 9.17) is 4.74 Å². The molecule has 7 nitrogen and oxygen atoms in total. The summed E-state index contributed by atoms with van der Waals surface area (Å²) in [7, 11) is 1.25. The van der Waals surface area contributed by atoms with Crippen LogP contribution in [0.25, 0.3) is 0 Å². The number of aromatic carboxylic acids is 1. The van der Waals surface area contributed by atoms with Crippen LogP contribution in [0.3, 0.4) is 0 Å². The highest BCUT2D eigenvalue weighted by Crippen LogP contribution is 2.43. The Morgan fingerprint density at radius 1 is 1.13 bits per heavy atom. The van der Waals surface area contributed by atoms with E-state index >= 15 is 0 Å². The van der Waals surface area contributed by atoms with Gasteiger partial charge in [0.2, 0.25) is 0 Å². The second-order valence-corrected chi connectivity index (χ2v) is 7.75. The summed E-state index contributed by atoms with van der Waals surface area (Å²) in [5, 5.41) is 9.30. The van der Waals surface area contributed by atoms with E-state index in [0.717, 1.165) is 37.5 Å². The van der Waals surface area contributed by atoms with Gasteiger partial charge in [-0.3, -0.25) is 8.51 Å². The summed E-state index contributed by atoms with van der Waals surface area (Å²) in [6.45, 7) is 1.12. The first-order valence-electron chi connectivity index (χ1n) is 9.40. The van der Waals surface area contributed by atoms with E-state index in [1.54, 1.807) is 0 Å². The van der Waals surface area contributed by atoms with E-state index in [0.29, 0.717) is 23.1 Å². The van der Waals surface area contributed by atoms with Gasteiger partial charge in [0, 0.05) is 13.1 Å². The quantitative estimate of drug-likeness (QED) is 0.649. The molecule has 31 heavy (non-hydrogen) atoms. The van der Waals surface area contributed by atoms with Crippen LogP contribution in [-0.4, -0.2) is 40.0 Å². The van der Waals surface area contributed by atoms with E-state index in [2.05, 4.69) is 0 Å². The summed E-state index contributed by atoms with van der Waals surface area (Å²) in [6.07, 6.45) is -2.09. The van der Waals surface area contributed by atoms with Crippen molar-refractivity contribution in [2.24, 2.45) is 0 Å². The molecule has 3 rings (SSSR count). The molecule has 1 fully saturated rings. The highest BCUT2D eigenvalue weighted by atomic mass is 32.2.